The van der Waals surface area contributed by atoms with E-state index in [0.717, 1.165) is 51.3 Å². The maximum atomic E-state index is 13.8. The number of ether oxygens (including phenoxy) is 3. The van der Waals surface area contributed by atoms with Gasteiger partial charge in [-0.05, 0) is 207 Å². The minimum absolute atomic E-state index is 0.0416. The van der Waals surface area contributed by atoms with Gasteiger partial charge in [0.05, 0.1) is 125 Å². The molecule has 15 rings (SSSR count). The fourth-order valence-corrected chi connectivity index (χ4v) is 16.4. The number of amides is 6. The Balaban J connectivity index is 0.000000159. The van der Waals surface area contributed by atoms with E-state index in [9.17, 15) is 32.4 Å². The van der Waals surface area contributed by atoms with Crippen molar-refractivity contribution in [1.29, 1.82) is 0 Å². The number of halogens is 6. The van der Waals surface area contributed by atoms with Gasteiger partial charge in [-0.1, -0.05) is 124 Å². The second-order valence-corrected chi connectivity index (χ2v) is 33.3. The van der Waals surface area contributed by atoms with E-state index in [-0.39, 0.29) is 79.7 Å². The average Bonchev–Trinajstić information content (AvgIpc) is 1.62. The largest absolute Gasteiger partial charge is 0.497 e. The van der Waals surface area contributed by atoms with Crippen LogP contribution in [0.5, 0.6) is 17.2 Å². The van der Waals surface area contributed by atoms with Crippen LogP contribution in [0.4, 0.5) is 4.79 Å². The van der Waals surface area contributed by atoms with Crippen LogP contribution in [0, 0.1) is 0 Å². The third-order valence-corrected chi connectivity index (χ3v) is 23.2. The Kier molecular flexibility index (Phi) is 28.3. The van der Waals surface area contributed by atoms with Crippen LogP contribution in [0.15, 0.2) is 201 Å². The normalized spacial score (nSPS) is 14.7. The molecule has 6 aromatic heterocycles. The van der Waals surface area contributed by atoms with Gasteiger partial charge < -0.3 is 45.3 Å². The van der Waals surface area contributed by atoms with E-state index >= 15 is 0 Å². The first kappa shape index (κ1) is 88.6. The predicted octanol–water partition coefficient (Wildman–Crippen LogP) is 17.5. The van der Waals surface area contributed by atoms with Gasteiger partial charge in [0.1, 0.15) is 17.2 Å². The highest BCUT2D eigenvalue weighted by atomic mass is 35.5. The zero-order valence-corrected chi connectivity index (χ0v) is 73.4. The molecule has 3 aliphatic rings. The van der Waals surface area contributed by atoms with Crippen molar-refractivity contribution in [2.75, 3.05) is 53.8 Å². The number of nitrogens with zero attached hydrogens (tertiary/aromatic N) is 12. The van der Waals surface area contributed by atoms with Crippen molar-refractivity contribution in [3.05, 3.63) is 315 Å². The molecule has 9 heterocycles. The van der Waals surface area contributed by atoms with E-state index in [1.807, 2.05) is 167 Å². The van der Waals surface area contributed by atoms with Crippen LogP contribution < -0.4 is 35.5 Å². The molecule has 6 amide bonds. The van der Waals surface area contributed by atoms with Crippen molar-refractivity contribution in [3.63, 3.8) is 0 Å². The van der Waals surface area contributed by atoms with Crippen LogP contribution in [-0.2, 0) is 34.5 Å². The quantitative estimate of drug-likeness (QED) is 0.0551. The molecule has 0 spiro atoms. The number of urea groups is 1. The number of benzene rings is 6. The summed E-state index contributed by atoms with van der Waals surface area (Å²) < 4.78 is 47.7. The summed E-state index contributed by atoms with van der Waals surface area (Å²) in [5.74, 6) is 0.787. The van der Waals surface area contributed by atoms with Crippen LogP contribution in [0.1, 0.15) is 152 Å². The third-order valence-electron chi connectivity index (χ3n) is 20.4. The smallest absolute Gasteiger partial charge is 0.317 e. The molecular formula is C90H84Cl6N16O10S. The van der Waals surface area contributed by atoms with Crippen molar-refractivity contribution in [2.24, 2.45) is 0 Å². The van der Waals surface area contributed by atoms with Crippen molar-refractivity contribution >= 4 is 144 Å². The van der Waals surface area contributed by atoms with Crippen LogP contribution in [-0.4, -0.2) is 150 Å². The lowest BCUT2D eigenvalue weighted by molar-refractivity contribution is -0.128. The molecule has 0 fully saturated rings. The highest BCUT2D eigenvalue weighted by Gasteiger charge is 2.39. The summed E-state index contributed by atoms with van der Waals surface area (Å²) in [6.45, 7) is 10.4. The zero-order chi connectivity index (χ0) is 87.5. The second-order valence-electron chi connectivity index (χ2n) is 28.8. The standard InChI is InChI=1S/C31H30Cl2N6O3.C30H27Cl2N5O3.C29H27Cl2N5O4S/c1-4-34-31(41)38-17-21(15-20-8-11-23(42-3)12-9-20)29-24(18-38)28(30(40)36-19(2)26-7-5-6-14-35-26)37-39(29)27-13-10-22(32)16-25(27)33;1-18(26-6-4-5-13-33-26)34-30(39)28-24-17-36(19(2)38)16-21(14-20-7-10-23(40-3)11-8-20)29(24)37(35-28)27-12-9-22(31)15-25(27)32;1-18(25-6-4-5-13-32-25)33-29(37)27-23-17-35(41(3,38)39)16-20(14-19-7-10-22(40-2)11-8-19)28(23)36(34-27)26-12-9-21(30)15-24(26)31/h5-16,19H,4,17-18H2,1-3H3,(H,34,41)(H,36,40);4-15,18H,16-17H2,1-3H3,(H,34,39);4-15,18H,16-17H2,1-3H3,(H,33,37)/b21-15+;21-14+;20-14+/t19-;2*18-/m111/s1. The van der Waals surface area contributed by atoms with Gasteiger partial charge in [-0.3, -0.25) is 34.1 Å². The van der Waals surface area contributed by atoms with E-state index in [2.05, 4.69) is 36.2 Å². The number of carbonyl (C=O) groups is 5. The molecule has 123 heavy (non-hydrogen) atoms. The molecule has 33 heteroatoms. The fourth-order valence-electron chi connectivity index (χ4n) is 14.2. The van der Waals surface area contributed by atoms with Crippen molar-refractivity contribution in [3.8, 4) is 34.3 Å². The molecule has 0 saturated heterocycles. The molecule has 632 valence electrons. The van der Waals surface area contributed by atoms with Gasteiger partial charge in [0.2, 0.25) is 15.9 Å². The number of hydrogen-bond donors (Lipinski definition) is 4. The van der Waals surface area contributed by atoms with Crippen LogP contribution in [0.2, 0.25) is 30.1 Å². The molecule has 0 radical (unpaired) electrons. The Bertz CT molecular complexity index is 6160. The first-order chi connectivity index (χ1) is 59.1. The van der Waals surface area contributed by atoms with Gasteiger partial charge in [0.25, 0.3) is 17.7 Å². The van der Waals surface area contributed by atoms with Crippen LogP contribution in [0.3, 0.4) is 0 Å². The lowest BCUT2D eigenvalue weighted by Crippen LogP contribution is -2.42. The SMILES string of the molecule is CCNC(=O)N1C/C(=C\c2ccc(OC)cc2)c2c(c(C(=O)N[C@H](C)c3ccccn3)nn2-c2ccc(Cl)cc2Cl)C1.COc1ccc(/C=C2\CN(C(C)=O)Cc3c(C(=O)N[C@H](C)c4ccccn4)nn(-c4ccc(Cl)cc4Cl)c32)cc1.COc1ccc(/C=C2\CN(S(C)(=O)=O)Cc3c(C(=O)N[C@H](C)c4ccccn4)nn(-c4ccc(Cl)cc4Cl)c32)cc1. The zero-order valence-electron chi connectivity index (χ0n) is 68.1. The monoisotopic (exact) mass is 1790 g/mol. The van der Waals surface area contributed by atoms with E-state index < -0.39 is 27.9 Å². The molecule has 4 N–H and O–H groups in total. The number of hydrogen-bond acceptors (Lipinski definition) is 16. The molecule has 0 unspecified atom stereocenters. The highest BCUT2D eigenvalue weighted by molar-refractivity contribution is 7.88. The Hall–Kier alpha value is -12.2. The van der Waals surface area contributed by atoms with Crippen LogP contribution in [0.25, 0.3) is 52.0 Å². The first-order valence-electron chi connectivity index (χ1n) is 38.7. The lowest BCUT2D eigenvalue weighted by Gasteiger charge is -2.30. The lowest BCUT2D eigenvalue weighted by atomic mass is 9.97. The Labute approximate surface area is 741 Å². The van der Waals surface area contributed by atoms with E-state index in [1.165, 1.54) is 11.2 Å². The number of fused-ring (bicyclic) bond motifs is 3. The maximum absolute atomic E-state index is 13.8. The van der Waals surface area contributed by atoms with Crippen molar-refractivity contribution in [2.45, 2.75) is 72.4 Å². The van der Waals surface area contributed by atoms with Gasteiger partial charge in [0.15, 0.2) is 17.1 Å². The van der Waals surface area contributed by atoms with Gasteiger partial charge in [0, 0.05) is 90.0 Å². The van der Waals surface area contributed by atoms with Crippen LogP contribution >= 0.6 is 69.6 Å². The number of sulfonamides is 1. The number of nitrogens with one attached hydrogen (secondary N) is 4. The van der Waals surface area contributed by atoms with E-state index in [4.69, 9.17) is 99.1 Å². The molecule has 6 aromatic carbocycles. The van der Waals surface area contributed by atoms with Gasteiger partial charge in [-0.2, -0.15) is 19.6 Å². The van der Waals surface area contributed by atoms with Crippen molar-refractivity contribution < 1.29 is 46.6 Å². The molecule has 0 bridgehead atoms. The summed E-state index contributed by atoms with van der Waals surface area (Å²) in [5, 5.41) is 28.6. The average molecular weight is 1790 g/mol. The van der Waals surface area contributed by atoms with Crippen molar-refractivity contribution in [1.82, 2.24) is 79.7 Å². The number of carbonyl (C=O) groups excluding carboxylic acids is 5. The topological polar surface area (TPSA) is 297 Å². The van der Waals surface area contributed by atoms with E-state index in [0.29, 0.717) is 117 Å². The predicted molar refractivity (Wildman–Crippen MR) is 480 cm³/mol. The summed E-state index contributed by atoms with van der Waals surface area (Å²) in [4.78, 5) is 83.3. The third kappa shape index (κ3) is 20.8. The molecular weight excluding hydrogens is 1710 g/mol. The number of rotatable bonds is 20. The molecule has 12 aromatic rings. The Morgan fingerprint density at radius 2 is 0.748 bits per heavy atom. The first-order valence-corrected chi connectivity index (χ1v) is 42.9. The molecule has 0 aliphatic carbocycles. The molecule has 3 atom stereocenters. The van der Waals surface area contributed by atoms with Gasteiger partial charge in [-0.15, -0.1) is 0 Å². The summed E-state index contributed by atoms with van der Waals surface area (Å²) in [6, 6.07) is 52.8. The number of methoxy groups -OCH3 is 3. The summed E-state index contributed by atoms with van der Waals surface area (Å²) >= 11 is 38.5. The second kappa shape index (κ2) is 39.3. The number of aromatic nitrogens is 9. The Morgan fingerprint density at radius 3 is 1.04 bits per heavy atom. The summed E-state index contributed by atoms with van der Waals surface area (Å²) in [7, 11) is 1.18. The number of pyridine rings is 3. The summed E-state index contributed by atoms with van der Waals surface area (Å²) in [6.07, 6.45) is 12.0. The molecule has 0 saturated carbocycles. The summed E-state index contributed by atoms with van der Waals surface area (Å²) in [5.41, 5.74) is 12.7. The molecule has 3 aliphatic heterocycles. The fraction of sp³-hybridized carbons (Fsp3) is 0.211. The molecule has 26 nitrogen and oxygen atoms in total. The maximum Gasteiger partial charge on any atom is 0.317 e. The van der Waals surface area contributed by atoms with Gasteiger partial charge in [-0.25, -0.2) is 27.3 Å². The minimum Gasteiger partial charge on any atom is -0.497 e. The Morgan fingerprint density at radius 1 is 0.431 bits per heavy atom. The minimum atomic E-state index is -3.63. The van der Waals surface area contributed by atoms with E-state index in [1.54, 1.807) is 124 Å². The van der Waals surface area contributed by atoms with Gasteiger partial charge >= 0.3 is 6.03 Å². The highest BCUT2D eigenvalue weighted by Crippen LogP contribution is 2.41.